The number of halogens is 1. The van der Waals surface area contributed by atoms with Crippen molar-refractivity contribution in [2.75, 3.05) is 19.6 Å². The van der Waals surface area contributed by atoms with Gasteiger partial charge in [0.05, 0.1) is 11.7 Å². The second-order valence-electron chi connectivity index (χ2n) is 6.96. The van der Waals surface area contributed by atoms with E-state index in [4.69, 9.17) is 4.98 Å². The molecule has 1 aromatic heterocycles. The van der Waals surface area contributed by atoms with Crippen LogP contribution in [0.2, 0.25) is 0 Å². The average molecular weight is 353 g/mol. The van der Waals surface area contributed by atoms with Crippen LogP contribution in [0.15, 0.2) is 41.8 Å². The lowest BCUT2D eigenvalue weighted by atomic mass is 10.0. The molecule has 5 rings (SSSR count). The summed E-state index contributed by atoms with van der Waals surface area (Å²) in [4.78, 5) is 7.50. The third kappa shape index (κ3) is 2.67. The number of rotatable bonds is 2. The van der Waals surface area contributed by atoms with Crippen molar-refractivity contribution in [3.05, 3.63) is 52.6 Å². The van der Waals surface area contributed by atoms with Crippen molar-refractivity contribution in [3.63, 3.8) is 0 Å². The molecule has 2 aliphatic rings. The molecule has 0 spiro atoms. The van der Waals surface area contributed by atoms with Crippen molar-refractivity contribution in [3.8, 4) is 11.3 Å². The Morgan fingerprint density at radius 2 is 2.04 bits per heavy atom. The normalized spacial score (nSPS) is 23.9. The van der Waals surface area contributed by atoms with Gasteiger partial charge in [0.25, 0.3) is 0 Å². The molecule has 3 aromatic rings. The second kappa shape index (κ2) is 6.16. The molecule has 1 N–H and O–H groups in total. The van der Waals surface area contributed by atoms with E-state index in [-0.39, 0.29) is 5.82 Å². The molecule has 5 heteroatoms. The fourth-order valence-corrected chi connectivity index (χ4v) is 5.05. The van der Waals surface area contributed by atoms with Crippen LogP contribution in [-0.4, -0.2) is 35.6 Å². The first-order valence-electron chi connectivity index (χ1n) is 8.90. The lowest BCUT2D eigenvalue weighted by Gasteiger charge is -2.35. The van der Waals surface area contributed by atoms with Crippen LogP contribution >= 0.6 is 11.3 Å². The molecule has 3 heterocycles. The Morgan fingerprint density at radius 3 is 2.96 bits per heavy atom. The Kier molecular flexibility index (Phi) is 3.81. The minimum Gasteiger partial charge on any atom is -0.305 e. The van der Waals surface area contributed by atoms with E-state index in [0.29, 0.717) is 17.5 Å². The molecule has 1 unspecified atom stereocenters. The number of piperazine rings is 1. The monoisotopic (exact) mass is 353 g/mol. The molecular formula is C20H20FN3S. The van der Waals surface area contributed by atoms with Crippen molar-refractivity contribution in [1.29, 1.82) is 0 Å². The lowest BCUT2D eigenvalue weighted by molar-refractivity contribution is 0.173. The molecule has 0 radical (unpaired) electrons. The van der Waals surface area contributed by atoms with Crippen molar-refractivity contribution < 1.29 is 4.39 Å². The maximum atomic E-state index is 14.1. The zero-order chi connectivity index (χ0) is 16.8. The molecule has 2 saturated heterocycles. The van der Waals surface area contributed by atoms with Gasteiger partial charge in [0.2, 0.25) is 0 Å². The van der Waals surface area contributed by atoms with Crippen LogP contribution in [-0.2, 0) is 0 Å². The number of hydrogen-bond donors (Lipinski definition) is 1. The highest BCUT2D eigenvalue weighted by atomic mass is 32.1. The van der Waals surface area contributed by atoms with Gasteiger partial charge in [0.1, 0.15) is 10.8 Å². The van der Waals surface area contributed by atoms with E-state index in [9.17, 15) is 4.39 Å². The predicted molar refractivity (Wildman–Crippen MR) is 100 cm³/mol. The minimum atomic E-state index is -0.177. The van der Waals surface area contributed by atoms with E-state index in [1.165, 1.54) is 19.4 Å². The number of nitrogens with zero attached hydrogens (tertiary/aromatic N) is 2. The van der Waals surface area contributed by atoms with Crippen molar-refractivity contribution in [2.24, 2.45) is 0 Å². The summed E-state index contributed by atoms with van der Waals surface area (Å²) < 4.78 is 14.1. The van der Waals surface area contributed by atoms with Crippen LogP contribution in [0.1, 0.15) is 23.9 Å². The Labute approximate surface area is 150 Å². The van der Waals surface area contributed by atoms with Gasteiger partial charge in [-0.05, 0) is 36.9 Å². The van der Waals surface area contributed by atoms with Crippen molar-refractivity contribution in [2.45, 2.75) is 24.9 Å². The van der Waals surface area contributed by atoms with Gasteiger partial charge in [0, 0.05) is 35.5 Å². The summed E-state index contributed by atoms with van der Waals surface area (Å²) in [6, 6.07) is 12.0. The molecule has 2 aromatic carbocycles. The quantitative estimate of drug-likeness (QED) is 0.748. The maximum absolute atomic E-state index is 14.1. The summed E-state index contributed by atoms with van der Waals surface area (Å²) in [6.07, 6.45) is 2.62. The number of thiazole rings is 1. The van der Waals surface area contributed by atoms with Gasteiger partial charge in [-0.15, -0.1) is 11.3 Å². The third-order valence-corrected chi connectivity index (χ3v) is 6.44. The predicted octanol–water partition coefficient (Wildman–Crippen LogP) is 4.21. The Bertz CT molecular complexity index is 922. The van der Waals surface area contributed by atoms with E-state index in [2.05, 4.69) is 15.6 Å². The second-order valence-corrected chi connectivity index (χ2v) is 7.85. The fourth-order valence-electron chi connectivity index (χ4n) is 4.17. The van der Waals surface area contributed by atoms with Crippen LogP contribution in [0.4, 0.5) is 4.39 Å². The third-order valence-electron chi connectivity index (χ3n) is 5.48. The molecule has 0 saturated carbocycles. The largest absolute Gasteiger partial charge is 0.305 e. The highest BCUT2D eigenvalue weighted by Gasteiger charge is 2.32. The maximum Gasteiger partial charge on any atom is 0.131 e. The summed E-state index contributed by atoms with van der Waals surface area (Å²) in [5.74, 6) is -0.177. The minimum absolute atomic E-state index is 0.177. The zero-order valence-electron chi connectivity index (χ0n) is 13.9. The molecule has 128 valence electrons. The molecular weight excluding hydrogens is 333 g/mol. The van der Waals surface area contributed by atoms with Crippen LogP contribution < -0.4 is 5.32 Å². The Balaban J connectivity index is 1.48. The summed E-state index contributed by atoms with van der Waals surface area (Å²) >= 11 is 1.70. The van der Waals surface area contributed by atoms with Crippen LogP contribution in [0.5, 0.6) is 0 Å². The first-order valence-corrected chi connectivity index (χ1v) is 9.78. The first-order chi connectivity index (χ1) is 12.3. The summed E-state index contributed by atoms with van der Waals surface area (Å²) in [5.41, 5.74) is 1.95. The topological polar surface area (TPSA) is 28.2 Å². The lowest BCUT2D eigenvalue weighted by Crippen LogP contribution is -2.49. The summed E-state index contributed by atoms with van der Waals surface area (Å²) in [7, 11) is 0. The molecule has 2 atom stereocenters. The molecule has 2 fully saturated rings. The van der Waals surface area contributed by atoms with Gasteiger partial charge in [0.15, 0.2) is 0 Å². The molecule has 2 aliphatic heterocycles. The van der Waals surface area contributed by atoms with E-state index in [0.717, 1.165) is 34.7 Å². The smallest absolute Gasteiger partial charge is 0.131 e. The average Bonchev–Trinajstić information content (AvgIpc) is 3.31. The highest BCUT2D eigenvalue weighted by molar-refractivity contribution is 7.10. The van der Waals surface area contributed by atoms with Gasteiger partial charge >= 0.3 is 0 Å². The van der Waals surface area contributed by atoms with Gasteiger partial charge in [-0.25, -0.2) is 9.37 Å². The van der Waals surface area contributed by atoms with Gasteiger partial charge in [-0.1, -0.05) is 24.3 Å². The van der Waals surface area contributed by atoms with Crippen molar-refractivity contribution >= 4 is 22.1 Å². The molecule has 25 heavy (non-hydrogen) atoms. The summed E-state index contributed by atoms with van der Waals surface area (Å²) in [6.45, 7) is 3.31. The van der Waals surface area contributed by atoms with E-state index in [1.54, 1.807) is 17.4 Å². The summed E-state index contributed by atoms with van der Waals surface area (Å²) in [5, 5.41) is 8.49. The van der Waals surface area contributed by atoms with Crippen LogP contribution in [0.25, 0.3) is 22.0 Å². The van der Waals surface area contributed by atoms with Crippen LogP contribution in [0, 0.1) is 5.82 Å². The SMILES string of the molecule is Fc1ccc(-c2csc(C3CN4CCC[C@@H]4CN3)n2)c2ccccc12. The first kappa shape index (κ1) is 15.4. The van der Waals surface area contributed by atoms with Gasteiger partial charge in [-0.2, -0.15) is 0 Å². The molecule has 3 nitrogen and oxygen atoms in total. The highest BCUT2D eigenvalue weighted by Crippen LogP contribution is 2.34. The molecule has 0 amide bonds. The molecule has 0 aliphatic carbocycles. The molecule has 0 bridgehead atoms. The number of hydrogen-bond acceptors (Lipinski definition) is 4. The van der Waals surface area contributed by atoms with Gasteiger partial charge in [-0.3, -0.25) is 4.90 Å². The van der Waals surface area contributed by atoms with Crippen molar-refractivity contribution in [1.82, 2.24) is 15.2 Å². The van der Waals surface area contributed by atoms with E-state index in [1.807, 2.05) is 30.3 Å². The number of benzene rings is 2. The zero-order valence-corrected chi connectivity index (χ0v) is 14.7. The number of nitrogens with one attached hydrogen (secondary N) is 1. The van der Waals surface area contributed by atoms with Gasteiger partial charge < -0.3 is 5.32 Å². The number of fused-ring (bicyclic) bond motifs is 2. The standard InChI is InChI=1S/C20H20FN3S/c21-17-8-7-16(14-5-1-2-6-15(14)17)19-12-25-20(23-19)18-11-24-9-3-4-13(24)10-22-18/h1-2,5-8,12-13,18,22H,3-4,9-11H2/t13-,18?/m1/s1. The Hall–Kier alpha value is -1.82. The number of aromatic nitrogens is 1. The van der Waals surface area contributed by atoms with E-state index >= 15 is 0 Å². The Morgan fingerprint density at radius 1 is 1.16 bits per heavy atom. The fraction of sp³-hybridized carbons (Fsp3) is 0.350. The van der Waals surface area contributed by atoms with Crippen LogP contribution in [0.3, 0.4) is 0 Å². The van der Waals surface area contributed by atoms with E-state index < -0.39 is 0 Å².